The van der Waals surface area contributed by atoms with Crippen LogP contribution in [-0.2, 0) is 36.0 Å². The summed E-state index contributed by atoms with van der Waals surface area (Å²) in [6.07, 6.45) is 8.52. The lowest BCUT2D eigenvalue weighted by Gasteiger charge is -2.63. The van der Waals surface area contributed by atoms with Crippen molar-refractivity contribution >= 4 is 46.8 Å². The number of hydrogen-bond acceptors (Lipinski definition) is 11. The van der Waals surface area contributed by atoms with Crippen LogP contribution in [-0.4, -0.2) is 108 Å². The predicted molar refractivity (Wildman–Crippen MR) is 267 cm³/mol. The van der Waals surface area contributed by atoms with Crippen molar-refractivity contribution in [2.75, 3.05) is 49.1 Å². The molecule has 4 aliphatic heterocycles. The van der Waals surface area contributed by atoms with E-state index in [4.69, 9.17) is 21.4 Å². The molecule has 0 unspecified atom stereocenters. The zero-order chi connectivity index (χ0) is 50.8. The number of aryl methyl sites for hydroxylation is 2. The summed E-state index contributed by atoms with van der Waals surface area (Å²) in [5.41, 5.74) is 4.69. The third-order valence-electron chi connectivity index (χ3n) is 16.0. The molecule has 0 bridgehead atoms. The summed E-state index contributed by atoms with van der Waals surface area (Å²) in [7, 11) is 1.77. The number of piperidine rings is 2. The molecular weight excluding hydrogens is 942 g/mol. The van der Waals surface area contributed by atoms with Gasteiger partial charge in [0.05, 0.1) is 34.9 Å². The van der Waals surface area contributed by atoms with Gasteiger partial charge in [-0.05, 0) is 73.9 Å². The number of ether oxygens (including phenoxy) is 1. The lowest BCUT2D eigenvalue weighted by atomic mass is 9.49. The molecule has 0 spiro atoms. The monoisotopic (exact) mass is 1000 g/mol. The number of benzene rings is 2. The topological polar surface area (TPSA) is 171 Å². The molecule has 2 aromatic carbocycles. The molecule has 7 heterocycles. The zero-order valence-electron chi connectivity index (χ0n) is 41.7. The summed E-state index contributed by atoms with van der Waals surface area (Å²) in [5.74, 6) is 1.53. The van der Waals surface area contributed by atoms with Gasteiger partial charge in [0.2, 0.25) is 17.8 Å². The lowest BCUT2D eigenvalue weighted by Crippen LogP contribution is -2.74. The molecular formula is C53H61ClF2N12O4. The Bertz CT molecular complexity index is 2930. The van der Waals surface area contributed by atoms with Gasteiger partial charge < -0.3 is 29.7 Å². The molecule has 2 saturated heterocycles. The van der Waals surface area contributed by atoms with E-state index in [9.17, 15) is 28.4 Å². The minimum Gasteiger partial charge on any atom is -0.489 e. The number of nitrogens with zero attached hydrogens (tertiary/aromatic N) is 11. The Morgan fingerprint density at radius 1 is 0.917 bits per heavy atom. The molecule has 378 valence electrons. The van der Waals surface area contributed by atoms with Crippen LogP contribution in [0.3, 0.4) is 0 Å². The summed E-state index contributed by atoms with van der Waals surface area (Å²) in [6.45, 7) is 13.8. The highest BCUT2D eigenvalue weighted by molar-refractivity contribution is 6.31. The Balaban J connectivity index is 0.759. The third-order valence-corrected chi connectivity index (χ3v) is 16.3. The van der Waals surface area contributed by atoms with Crippen molar-refractivity contribution < 1.29 is 27.9 Å². The van der Waals surface area contributed by atoms with Gasteiger partial charge in [0, 0.05) is 135 Å². The first-order valence-electron chi connectivity index (χ1n) is 25.0. The maximum Gasteiger partial charge on any atom is 0.264 e. The van der Waals surface area contributed by atoms with E-state index in [1.807, 2.05) is 15.9 Å². The number of amides is 3. The van der Waals surface area contributed by atoms with Crippen LogP contribution in [0.5, 0.6) is 5.75 Å². The first-order valence-corrected chi connectivity index (χ1v) is 25.4. The standard InChI is InChI=1S/C53H61ClF2N12O4/c1-31(69)66-21-15-43-41(30-66)46(67-16-7-8-33-22-39(36-28-60-63(6)29-36)40(45(55)56)24-44(33)67)62-68(43)37-13-19-64(20-14-37)48(71)32-11-17-65(18-12-32)51-58-26-35(27-59-51)47(70)61-49-52(2,3)50(53(49,4)5)72-38-10-9-34(25-57)42(54)23-38/h9-10,22-24,26-29,32,37,45,49-50H,7-8,11-21,30H2,1-6H3,(H,61,70). The van der Waals surface area contributed by atoms with E-state index in [2.05, 4.69) is 68.6 Å². The van der Waals surface area contributed by atoms with Crippen LogP contribution in [0.1, 0.15) is 117 Å². The number of fused-ring (bicyclic) bond motifs is 2. The summed E-state index contributed by atoms with van der Waals surface area (Å²) in [5, 5.41) is 22.3. The van der Waals surface area contributed by atoms with Crippen LogP contribution in [0.2, 0.25) is 5.02 Å². The van der Waals surface area contributed by atoms with Crippen LogP contribution in [0.25, 0.3) is 11.1 Å². The van der Waals surface area contributed by atoms with Gasteiger partial charge >= 0.3 is 0 Å². The van der Waals surface area contributed by atoms with Gasteiger partial charge in [-0.2, -0.15) is 15.5 Å². The van der Waals surface area contributed by atoms with E-state index < -0.39 is 17.3 Å². The number of alkyl halides is 2. The molecule has 5 aromatic rings. The van der Waals surface area contributed by atoms with E-state index in [0.29, 0.717) is 110 Å². The molecule has 3 fully saturated rings. The van der Waals surface area contributed by atoms with Gasteiger partial charge in [0.1, 0.15) is 17.9 Å². The molecule has 0 atom stereocenters. The molecule has 16 nitrogen and oxygen atoms in total. The highest BCUT2D eigenvalue weighted by atomic mass is 35.5. The number of halogens is 3. The van der Waals surface area contributed by atoms with Crippen molar-refractivity contribution in [3.8, 4) is 22.9 Å². The normalized spacial score (nSPS) is 20.9. The fourth-order valence-electron chi connectivity index (χ4n) is 12.4. The fraction of sp³-hybridized carbons (Fsp3) is 0.509. The number of likely N-dealkylation sites (tertiary alicyclic amines) is 1. The van der Waals surface area contributed by atoms with Crippen LogP contribution < -0.4 is 19.9 Å². The van der Waals surface area contributed by atoms with Gasteiger partial charge in [0.15, 0.2) is 5.82 Å². The summed E-state index contributed by atoms with van der Waals surface area (Å²) < 4.78 is 39.7. The van der Waals surface area contributed by atoms with Crippen molar-refractivity contribution in [2.45, 2.75) is 111 Å². The number of nitrogens with one attached hydrogen (secondary N) is 1. The molecule has 19 heteroatoms. The van der Waals surface area contributed by atoms with E-state index in [1.165, 1.54) is 0 Å². The smallest absolute Gasteiger partial charge is 0.264 e. The SMILES string of the molecule is CC(=O)N1CCc2c(c(N3CCCc4cc(-c5cnn(C)c5)c(C(F)F)cc43)nn2C2CCN(C(=O)C3CCN(c4ncc(C(=O)NC5C(C)(C)C(Oc6ccc(C#N)c(Cl)c6)C5(C)C)cn4)CC3)CC2)C1. The summed E-state index contributed by atoms with van der Waals surface area (Å²) in [6, 6.07) is 10.4. The number of hydrogen-bond donors (Lipinski definition) is 1. The van der Waals surface area contributed by atoms with Crippen LogP contribution >= 0.6 is 11.6 Å². The van der Waals surface area contributed by atoms with Gasteiger partial charge in [-0.3, -0.25) is 23.7 Å². The number of nitriles is 1. The largest absolute Gasteiger partial charge is 0.489 e. The quantitative estimate of drug-likeness (QED) is 0.143. The Kier molecular flexibility index (Phi) is 13.0. The van der Waals surface area contributed by atoms with Crippen molar-refractivity contribution in [2.24, 2.45) is 23.8 Å². The van der Waals surface area contributed by atoms with Crippen LogP contribution in [0, 0.1) is 28.1 Å². The minimum absolute atomic E-state index is 0.0173. The van der Waals surface area contributed by atoms with Crippen LogP contribution in [0.15, 0.2) is 55.1 Å². The Hall–Kier alpha value is -6.61. The lowest BCUT2D eigenvalue weighted by molar-refractivity contribution is -0.164. The average molecular weight is 1000 g/mol. The second-order valence-corrected chi connectivity index (χ2v) is 21.7. The molecule has 3 aromatic heterocycles. The Labute approximate surface area is 423 Å². The molecule has 1 aliphatic carbocycles. The van der Waals surface area contributed by atoms with Gasteiger partial charge in [0.25, 0.3) is 12.3 Å². The van der Waals surface area contributed by atoms with E-state index >= 15 is 0 Å². The highest BCUT2D eigenvalue weighted by Gasteiger charge is 2.64. The predicted octanol–water partition coefficient (Wildman–Crippen LogP) is 8.22. The van der Waals surface area contributed by atoms with Gasteiger partial charge in [-0.25, -0.2) is 18.7 Å². The molecule has 3 amide bonds. The molecule has 72 heavy (non-hydrogen) atoms. The van der Waals surface area contributed by atoms with Crippen molar-refractivity contribution in [1.82, 2.24) is 44.6 Å². The molecule has 1 saturated carbocycles. The van der Waals surface area contributed by atoms with Crippen molar-refractivity contribution in [3.05, 3.63) is 93.7 Å². The minimum atomic E-state index is -2.69. The molecule has 10 rings (SSSR count). The number of carbonyl (C=O) groups excluding carboxylic acids is 3. The number of aromatic nitrogens is 6. The highest BCUT2D eigenvalue weighted by Crippen LogP contribution is 2.56. The van der Waals surface area contributed by atoms with Gasteiger partial charge in [-0.15, -0.1) is 0 Å². The molecule has 0 radical (unpaired) electrons. The second-order valence-electron chi connectivity index (χ2n) is 21.3. The maximum atomic E-state index is 14.8. The number of rotatable bonds is 10. The summed E-state index contributed by atoms with van der Waals surface area (Å²) >= 11 is 6.27. The van der Waals surface area contributed by atoms with Crippen molar-refractivity contribution in [1.29, 1.82) is 5.26 Å². The molecule has 5 aliphatic rings. The Morgan fingerprint density at radius 2 is 1.64 bits per heavy atom. The van der Waals surface area contributed by atoms with Crippen molar-refractivity contribution in [3.63, 3.8) is 0 Å². The van der Waals surface area contributed by atoms with E-state index in [1.54, 1.807) is 67.7 Å². The zero-order valence-corrected chi connectivity index (χ0v) is 42.4. The Morgan fingerprint density at radius 3 is 2.28 bits per heavy atom. The fourth-order valence-corrected chi connectivity index (χ4v) is 12.6. The van der Waals surface area contributed by atoms with E-state index in [0.717, 1.165) is 48.2 Å². The maximum absolute atomic E-state index is 14.8. The van der Waals surface area contributed by atoms with E-state index in [-0.39, 0.29) is 47.4 Å². The molecule has 1 N–H and O–H groups in total. The first-order chi connectivity index (χ1) is 34.4. The first kappa shape index (κ1) is 49.0. The van der Waals surface area contributed by atoms with Gasteiger partial charge in [-0.1, -0.05) is 39.3 Å². The summed E-state index contributed by atoms with van der Waals surface area (Å²) in [4.78, 5) is 57.5. The number of carbonyl (C=O) groups is 3. The van der Waals surface area contributed by atoms with Crippen LogP contribution in [0.4, 0.5) is 26.2 Å². The average Bonchev–Trinajstić information content (AvgIpc) is 3.99. The number of anilines is 3. The third kappa shape index (κ3) is 8.91. The second kappa shape index (κ2) is 19.1.